The Morgan fingerprint density at radius 3 is 1.06 bits per heavy atom. The van der Waals surface area contributed by atoms with E-state index in [9.17, 15) is 138 Å². The molecule has 7 nitrogen and oxygen atoms in total. The zero-order valence-electron chi connectivity index (χ0n) is 38.6. The molecular weight excluding hydrogens is 1080 g/mol. The molecule has 0 aliphatic heterocycles. The van der Waals surface area contributed by atoms with Gasteiger partial charge in [0.05, 0.1) is 12.7 Å². The molecule has 2 N–H and O–H groups in total. The fourth-order valence-electron chi connectivity index (χ4n) is 5.96. The Hall–Kier alpha value is -3.07. The summed E-state index contributed by atoms with van der Waals surface area (Å²) >= 11 is 0. The predicted octanol–water partition coefficient (Wildman–Crippen LogP) is 14.0. The molecule has 34 heteroatoms. The Bertz CT molecular complexity index is 1660. The van der Waals surface area contributed by atoms with Crippen molar-refractivity contribution in [2.24, 2.45) is 22.7 Å². The van der Waals surface area contributed by atoms with Gasteiger partial charge in [-0.1, -0.05) is 20.8 Å². The summed E-state index contributed by atoms with van der Waals surface area (Å²) in [6.07, 6.45) is -56.8. The second-order valence-electron chi connectivity index (χ2n) is 17.7. The van der Waals surface area contributed by atoms with Crippen molar-refractivity contribution >= 4 is 11.9 Å². The van der Waals surface area contributed by atoms with Gasteiger partial charge in [0.15, 0.2) is 10.8 Å². The molecule has 0 bridgehead atoms. The number of ether oxygens (including phenoxy) is 3. The number of esters is 2. The fraction of sp³-hybridized carbons (Fsp3) is 0.947. The molecule has 0 aromatic heterocycles. The van der Waals surface area contributed by atoms with Crippen LogP contribution in [0.3, 0.4) is 0 Å². The van der Waals surface area contributed by atoms with Crippen LogP contribution in [0.5, 0.6) is 0 Å². The molecule has 1 aliphatic rings. The Labute approximate surface area is 391 Å². The van der Waals surface area contributed by atoms with E-state index in [1.165, 1.54) is 34.6 Å². The lowest BCUT2D eigenvalue weighted by Gasteiger charge is -2.48. The summed E-state index contributed by atoms with van der Waals surface area (Å²) in [5, 5.41) is 19.1. The quantitative estimate of drug-likeness (QED) is 0.132. The summed E-state index contributed by atoms with van der Waals surface area (Å²) < 4.78 is 363. The molecular formula is C38H49F27O7. The van der Waals surface area contributed by atoms with Crippen molar-refractivity contribution in [3.8, 4) is 0 Å². The van der Waals surface area contributed by atoms with Gasteiger partial charge < -0.3 is 24.4 Å². The number of alkyl halides is 27. The van der Waals surface area contributed by atoms with Crippen LogP contribution in [0.1, 0.15) is 107 Å². The molecule has 0 aromatic rings. The maximum atomic E-state index is 13.3. The van der Waals surface area contributed by atoms with Crippen molar-refractivity contribution in [1.82, 2.24) is 0 Å². The molecule has 5 atom stereocenters. The minimum absolute atomic E-state index is 0.163. The Morgan fingerprint density at radius 1 is 0.486 bits per heavy atom. The molecule has 0 amide bonds. The van der Waals surface area contributed by atoms with E-state index in [1.807, 2.05) is 0 Å². The maximum Gasteiger partial charge on any atom is 0.460 e. The summed E-state index contributed by atoms with van der Waals surface area (Å²) in [5.41, 5.74) is -18.8. The Kier molecular flexibility index (Phi) is 22.3. The van der Waals surface area contributed by atoms with Gasteiger partial charge in [0.2, 0.25) is 0 Å². The normalized spacial score (nSPS) is 20.9. The van der Waals surface area contributed by atoms with Crippen LogP contribution in [-0.2, 0) is 23.8 Å². The lowest BCUT2D eigenvalue weighted by atomic mass is 9.65. The van der Waals surface area contributed by atoms with Crippen LogP contribution < -0.4 is 0 Å². The molecule has 1 saturated carbocycles. The highest BCUT2D eigenvalue weighted by atomic mass is 19.4. The summed E-state index contributed by atoms with van der Waals surface area (Å²) in [5.74, 6) is -29.9. The summed E-state index contributed by atoms with van der Waals surface area (Å²) in [6, 6.07) is 0. The van der Waals surface area contributed by atoms with Gasteiger partial charge in [0, 0.05) is 18.3 Å². The van der Waals surface area contributed by atoms with Crippen molar-refractivity contribution in [2.75, 3.05) is 6.61 Å². The molecule has 0 aromatic carbocycles. The first kappa shape index (κ1) is 71.0. The highest BCUT2D eigenvalue weighted by molar-refractivity contribution is 5.78. The SMILES string of the molecule is CCC(C)(C(=O)OC(C)(C)C)C(F)(F)F.CCC(C)(C(=O)OC1CC(C(O)(C(F)(F)F)C(F)(F)F)CC(C(O)(C(F)(F)F)C(F)(F)F)C1)C(F)(F)F.CCC(C)OCCC(F)(F)C(F)(F)C(F)(F)C(F)(F)F. The second kappa shape index (κ2) is 22.6. The number of halogens is 27. The molecule has 0 heterocycles. The van der Waals surface area contributed by atoms with Gasteiger partial charge in [-0.2, -0.15) is 119 Å². The standard InChI is InChI=1S/C18H19F15O4.C10H13F9O.C10H17F3O2/c1-3-11(2,14(19,20)21)10(34)37-9-5-7(12(35,15(22,23)24)16(25,26)27)4-8(6-9)13(36,17(28,29)30)18(31,32)33;1-3-6(2)20-5-4-7(11,12)8(13,14)9(15,16)10(17,18)19;1-6-9(5,10(11,12)13)7(14)15-8(2,3)4/h7-9,35-36H,3-6H2,1-2H3;6H,3-5H2,1-2H3;6H2,1-5H3. The third-order valence-corrected chi connectivity index (χ3v) is 11.4. The molecule has 0 radical (unpaired) electrons. The van der Waals surface area contributed by atoms with E-state index >= 15 is 0 Å². The highest BCUT2D eigenvalue weighted by Crippen LogP contribution is 2.59. The average Bonchev–Trinajstić information content (AvgIpc) is 3.15. The highest BCUT2D eigenvalue weighted by Gasteiger charge is 2.82. The largest absolute Gasteiger partial charge is 0.462 e. The van der Waals surface area contributed by atoms with E-state index < -0.39 is 163 Å². The number of carbonyl (C=O) groups is 2. The molecule has 1 fully saturated rings. The molecule has 1 aliphatic carbocycles. The third kappa shape index (κ3) is 15.3. The number of carbonyl (C=O) groups excluding carboxylic acids is 2. The van der Waals surface area contributed by atoms with E-state index in [1.54, 1.807) is 6.92 Å². The van der Waals surface area contributed by atoms with Crippen molar-refractivity contribution in [2.45, 2.75) is 197 Å². The molecule has 432 valence electrons. The van der Waals surface area contributed by atoms with Gasteiger partial charge in [-0.25, -0.2) is 0 Å². The van der Waals surface area contributed by atoms with E-state index in [0.29, 0.717) is 6.42 Å². The van der Waals surface area contributed by atoms with Crippen LogP contribution in [0, 0.1) is 22.7 Å². The Balaban J connectivity index is 0. The number of hydrogen-bond donors (Lipinski definition) is 2. The topological polar surface area (TPSA) is 102 Å². The third-order valence-electron chi connectivity index (χ3n) is 11.4. The van der Waals surface area contributed by atoms with Crippen molar-refractivity contribution in [3.63, 3.8) is 0 Å². The van der Waals surface area contributed by atoms with Gasteiger partial charge in [0.1, 0.15) is 11.7 Å². The van der Waals surface area contributed by atoms with Crippen LogP contribution in [0.15, 0.2) is 0 Å². The maximum absolute atomic E-state index is 13.3. The summed E-state index contributed by atoms with van der Waals surface area (Å²) in [7, 11) is 0. The average molecular weight is 1130 g/mol. The van der Waals surface area contributed by atoms with Gasteiger partial charge in [0.25, 0.3) is 11.2 Å². The van der Waals surface area contributed by atoms with Crippen molar-refractivity contribution in [1.29, 1.82) is 0 Å². The number of aliphatic hydroxyl groups is 2. The van der Waals surface area contributed by atoms with Crippen LogP contribution in [0.25, 0.3) is 0 Å². The van der Waals surface area contributed by atoms with E-state index in [-0.39, 0.29) is 13.3 Å². The van der Waals surface area contributed by atoms with Gasteiger partial charge in [-0.05, 0) is 80.1 Å². The zero-order valence-corrected chi connectivity index (χ0v) is 38.6. The first-order valence-electron chi connectivity index (χ1n) is 20.3. The second-order valence-corrected chi connectivity index (χ2v) is 17.7. The summed E-state index contributed by atoms with van der Waals surface area (Å²) in [6.45, 7) is 9.61. The van der Waals surface area contributed by atoms with Gasteiger partial charge >= 0.3 is 72.9 Å². The van der Waals surface area contributed by atoms with E-state index in [2.05, 4.69) is 9.47 Å². The fourth-order valence-corrected chi connectivity index (χ4v) is 5.96. The van der Waals surface area contributed by atoms with Crippen LogP contribution in [-0.4, -0.2) is 119 Å². The molecule has 0 saturated heterocycles. The predicted molar refractivity (Wildman–Crippen MR) is 191 cm³/mol. The lowest BCUT2D eigenvalue weighted by Crippen LogP contribution is -2.67. The summed E-state index contributed by atoms with van der Waals surface area (Å²) in [4.78, 5) is 23.6. The first-order valence-corrected chi connectivity index (χ1v) is 20.3. The minimum Gasteiger partial charge on any atom is -0.462 e. The number of hydrogen-bond acceptors (Lipinski definition) is 7. The van der Waals surface area contributed by atoms with Crippen LogP contribution in [0.2, 0.25) is 0 Å². The molecule has 1 rings (SSSR count). The first-order chi connectivity index (χ1) is 31.2. The zero-order chi connectivity index (χ0) is 58.7. The van der Waals surface area contributed by atoms with Crippen molar-refractivity contribution in [3.05, 3.63) is 0 Å². The van der Waals surface area contributed by atoms with E-state index in [4.69, 9.17) is 4.74 Å². The molecule has 72 heavy (non-hydrogen) atoms. The number of rotatable bonds is 14. The lowest BCUT2D eigenvalue weighted by molar-refractivity contribution is -0.405. The van der Waals surface area contributed by atoms with Crippen LogP contribution in [0.4, 0.5) is 119 Å². The molecule has 5 unspecified atom stereocenters. The Morgan fingerprint density at radius 2 is 0.806 bits per heavy atom. The van der Waals surface area contributed by atoms with Crippen molar-refractivity contribution < 1.29 is 153 Å². The van der Waals surface area contributed by atoms with Gasteiger partial charge in [-0.3, -0.25) is 9.59 Å². The minimum atomic E-state index is -6.83. The monoisotopic (exact) mass is 1130 g/mol. The van der Waals surface area contributed by atoms with Gasteiger partial charge in [-0.15, -0.1) is 0 Å². The van der Waals surface area contributed by atoms with E-state index in [0.717, 1.165) is 13.8 Å². The molecule has 0 spiro atoms. The van der Waals surface area contributed by atoms with Crippen LogP contribution >= 0.6 is 0 Å². The smallest absolute Gasteiger partial charge is 0.460 e.